The van der Waals surface area contributed by atoms with Gasteiger partial charge in [0.25, 0.3) is 0 Å². The quantitative estimate of drug-likeness (QED) is 0.922. The van der Waals surface area contributed by atoms with Gasteiger partial charge in [0.2, 0.25) is 0 Å². The van der Waals surface area contributed by atoms with Crippen molar-refractivity contribution in [1.29, 1.82) is 0 Å². The highest BCUT2D eigenvalue weighted by atomic mass is 79.9. The second-order valence-corrected chi connectivity index (χ2v) is 5.64. The number of carbonyl (C=O) groups is 1. The molecule has 92 valence electrons. The smallest absolute Gasteiger partial charge is 0.304 e. The lowest BCUT2D eigenvalue weighted by atomic mass is 9.91. The zero-order valence-corrected chi connectivity index (χ0v) is 11.6. The molecule has 5 heteroatoms. The molecule has 0 aliphatic heterocycles. The van der Waals surface area contributed by atoms with Gasteiger partial charge in [0.15, 0.2) is 0 Å². The number of carboxylic acids is 1. The number of methoxy groups -OCH3 is 1. The van der Waals surface area contributed by atoms with Crippen LogP contribution in [-0.2, 0) is 10.2 Å². The molecular formula is C12H12BrClO3. The Labute approximate surface area is 113 Å². The molecule has 0 amide bonds. The van der Waals surface area contributed by atoms with Crippen molar-refractivity contribution in [2.45, 2.75) is 24.7 Å². The molecular weight excluding hydrogens is 307 g/mol. The Hall–Kier alpha value is -0.740. The van der Waals surface area contributed by atoms with Crippen molar-refractivity contribution in [3.63, 3.8) is 0 Å². The van der Waals surface area contributed by atoms with Crippen LogP contribution >= 0.6 is 27.5 Å². The third-order valence-electron chi connectivity index (χ3n) is 3.13. The zero-order chi connectivity index (χ0) is 12.6. The van der Waals surface area contributed by atoms with Crippen LogP contribution in [0.4, 0.5) is 0 Å². The van der Waals surface area contributed by atoms with E-state index in [2.05, 4.69) is 15.9 Å². The minimum absolute atomic E-state index is 0.121. The molecule has 0 saturated heterocycles. The third kappa shape index (κ3) is 2.43. The number of rotatable bonds is 4. The molecule has 2 rings (SSSR count). The number of hydrogen-bond donors (Lipinski definition) is 1. The number of carboxylic acid groups (broad SMARTS) is 1. The average molecular weight is 320 g/mol. The van der Waals surface area contributed by atoms with Gasteiger partial charge >= 0.3 is 5.97 Å². The number of halogens is 2. The lowest BCUT2D eigenvalue weighted by molar-refractivity contribution is -0.137. The van der Waals surface area contributed by atoms with E-state index < -0.39 is 5.97 Å². The molecule has 0 spiro atoms. The standard InChI is InChI=1S/C12H12BrClO3/c1-17-11-8(4-7(13)5-9(11)14)12(2-3-12)6-10(15)16/h4-5H,2-3,6H2,1H3,(H,15,16). The molecule has 1 aliphatic carbocycles. The Balaban J connectivity index is 2.47. The number of ether oxygens (including phenoxy) is 1. The van der Waals surface area contributed by atoms with Crippen molar-refractivity contribution < 1.29 is 14.6 Å². The predicted molar refractivity (Wildman–Crippen MR) is 68.9 cm³/mol. The van der Waals surface area contributed by atoms with Gasteiger partial charge in [-0.25, -0.2) is 0 Å². The lowest BCUT2D eigenvalue weighted by Crippen LogP contribution is -2.14. The van der Waals surface area contributed by atoms with Crippen LogP contribution in [0.15, 0.2) is 16.6 Å². The maximum absolute atomic E-state index is 10.9. The number of hydrogen-bond acceptors (Lipinski definition) is 2. The first-order chi connectivity index (χ1) is 7.98. The van der Waals surface area contributed by atoms with Gasteiger partial charge in [-0.2, -0.15) is 0 Å². The molecule has 1 saturated carbocycles. The van der Waals surface area contributed by atoms with E-state index in [1.165, 1.54) is 0 Å². The van der Waals surface area contributed by atoms with E-state index in [0.29, 0.717) is 10.8 Å². The predicted octanol–water partition coefficient (Wildman–Crippen LogP) is 3.62. The van der Waals surface area contributed by atoms with Gasteiger partial charge in [-0.15, -0.1) is 0 Å². The van der Waals surface area contributed by atoms with E-state index in [-0.39, 0.29) is 11.8 Å². The lowest BCUT2D eigenvalue weighted by Gasteiger charge is -2.18. The fraction of sp³-hybridized carbons (Fsp3) is 0.417. The van der Waals surface area contributed by atoms with E-state index in [9.17, 15) is 4.79 Å². The summed E-state index contributed by atoms with van der Waals surface area (Å²) in [6, 6.07) is 3.65. The summed E-state index contributed by atoms with van der Waals surface area (Å²) in [5, 5.41) is 9.48. The van der Waals surface area contributed by atoms with Crippen LogP contribution in [0.1, 0.15) is 24.8 Å². The van der Waals surface area contributed by atoms with Crippen molar-refractivity contribution >= 4 is 33.5 Å². The van der Waals surface area contributed by atoms with Crippen molar-refractivity contribution in [3.05, 3.63) is 27.2 Å². The van der Waals surface area contributed by atoms with Crippen LogP contribution in [0.25, 0.3) is 0 Å². The summed E-state index contributed by atoms with van der Waals surface area (Å²) in [5.41, 5.74) is 0.590. The molecule has 0 atom stereocenters. The highest BCUT2D eigenvalue weighted by molar-refractivity contribution is 9.10. The van der Waals surface area contributed by atoms with Crippen molar-refractivity contribution in [1.82, 2.24) is 0 Å². The molecule has 0 aromatic heterocycles. The Bertz CT molecular complexity index is 469. The van der Waals surface area contributed by atoms with Crippen LogP contribution in [-0.4, -0.2) is 18.2 Å². The monoisotopic (exact) mass is 318 g/mol. The van der Waals surface area contributed by atoms with E-state index in [4.69, 9.17) is 21.4 Å². The minimum Gasteiger partial charge on any atom is -0.495 e. The van der Waals surface area contributed by atoms with Crippen molar-refractivity contribution in [3.8, 4) is 5.75 Å². The summed E-state index contributed by atoms with van der Waals surface area (Å²) in [5.74, 6) is -0.200. The minimum atomic E-state index is -0.791. The third-order valence-corrected chi connectivity index (χ3v) is 3.87. The van der Waals surface area contributed by atoms with Crippen LogP contribution < -0.4 is 4.74 Å². The Morgan fingerprint density at radius 3 is 2.71 bits per heavy atom. The maximum Gasteiger partial charge on any atom is 0.304 e. The van der Waals surface area contributed by atoms with Crippen LogP contribution in [0.3, 0.4) is 0 Å². The first kappa shape index (κ1) is 12.7. The molecule has 1 fully saturated rings. The fourth-order valence-corrected chi connectivity index (χ4v) is 3.03. The largest absolute Gasteiger partial charge is 0.495 e. The van der Waals surface area contributed by atoms with Crippen LogP contribution in [0.5, 0.6) is 5.75 Å². The molecule has 0 heterocycles. The van der Waals surface area contributed by atoms with Crippen LogP contribution in [0, 0.1) is 0 Å². The van der Waals surface area contributed by atoms with Gasteiger partial charge in [-0.1, -0.05) is 27.5 Å². The number of aliphatic carboxylic acids is 1. The van der Waals surface area contributed by atoms with Crippen LogP contribution in [0.2, 0.25) is 5.02 Å². The molecule has 0 bridgehead atoms. The Morgan fingerprint density at radius 1 is 1.59 bits per heavy atom. The molecule has 1 aliphatic rings. The highest BCUT2D eigenvalue weighted by Gasteiger charge is 2.48. The first-order valence-corrected chi connectivity index (χ1v) is 6.41. The zero-order valence-electron chi connectivity index (χ0n) is 9.30. The van der Waals surface area contributed by atoms with Gasteiger partial charge < -0.3 is 9.84 Å². The van der Waals surface area contributed by atoms with Gasteiger partial charge in [-0.05, 0) is 25.0 Å². The SMILES string of the molecule is COc1c(Cl)cc(Br)cc1C1(CC(=O)O)CC1. The second kappa shape index (κ2) is 4.50. The van der Waals surface area contributed by atoms with E-state index in [0.717, 1.165) is 22.9 Å². The average Bonchev–Trinajstić information content (AvgIpc) is 2.96. The summed E-state index contributed by atoms with van der Waals surface area (Å²) in [6.45, 7) is 0. The fourth-order valence-electron chi connectivity index (χ4n) is 2.14. The van der Waals surface area contributed by atoms with Crippen molar-refractivity contribution in [2.75, 3.05) is 7.11 Å². The normalized spacial score (nSPS) is 16.6. The second-order valence-electron chi connectivity index (χ2n) is 4.32. The molecule has 1 aromatic carbocycles. The van der Waals surface area contributed by atoms with Gasteiger partial charge in [-0.3, -0.25) is 4.79 Å². The van der Waals surface area contributed by atoms with Gasteiger partial charge in [0, 0.05) is 15.5 Å². The Kier molecular flexibility index (Phi) is 3.36. The summed E-state index contributed by atoms with van der Waals surface area (Å²) in [6.07, 6.45) is 1.85. The summed E-state index contributed by atoms with van der Waals surface area (Å²) in [7, 11) is 1.55. The summed E-state index contributed by atoms with van der Waals surface area (Å²) in [4.78, 5) is 10.9. The Morgan fingerprint density at radius 2 is 2.24 bits per heavy atom. The van der Waals surface area contributed by atoms with Crippen molar-refractivity contribution in [2.24, 2.45) is 0 Å². The van der Waals surface area contributed by atoms with Gasteiger partial charge in [0.1, 0.15) is 5.75 Å². The first-order valence-electron chi connectivity index (χ1n) is 5.24. The van der Waals surface area contributed by atoms with E-state index in [1.807, 2.05) is 6.07 Å². The molecule has 1 N–H and O–H groups in total. The molecule has 1 aromatic rings. The summed E-state index contributed by atoms with van der Waals surface area (Å²) >= 11 is 9.48. The molecule has 0 unspecified atom stereocenters. The van der Waals surface area contributed by atoms with Gasteiger partial charge in [0.05, 0.1) is 18.6 Å². The summed E-state index contributed by atoms with van der Waals surface area (Å²) < 4.78 is 6.14. The molecule has 3 nitrogen and oxygen atoms in total. The maximum atomic E-state index is 10.9. The highest BCUT2D eigenvalue weighted by Crippen LogP contribution is 2.55. The molecule has 0 radical (unpaired) electrons. The number of benzene rings is 1. The topological polar surface area (TPSA) is 46.5 Å². The van der Waals surface area contributed by atoms with E-state index in [1.54, 1.807) is 13.2 Å². The molecule has 17 heavy (non-hydrogen) atoms. The van der Waals surface area contributed by atoms with E-state index >= 15 is 0 Å².